The Hall–Kier alpha value is -2.18. The van der Waals surface area contributed by atoms with Crippen molar-refractivity contribution in [3.05, 3.63) is 47.5 Å². The van der Waals surface area contributed by atoms with Crippen molar-refractivity contribution in [2.75, 3.05) is 13.7 Å². The lowest BCUT2D eigenvalue weighted by Gasteiger charge is -2.07. The lowest BCUT2D eigenvalue weighted by molar-refractivity contribution is 0.190. The lowest BCUT2D eigenvalue weighted by atomic mass is 10.2. The summed E-state index contributed by atoms with van der Waals surface area (Å²) < 4.78 is 12.8. The minimum absolute atomic E-state index is 0.147. The van der Waals surface area contributed by atoms with Crippen LogP contribution in [0.5, 0.6) is 5.88 Å². The van der Waals surface area contributed by atoms with Crippen LogP contribution in [-0.2, 0) is 17.9 Å². The molecular formula is C16H17ClN4O2. The Bertz CT molecular complexity index is 776. The fourth-order valence-corrected chi connectivity index (χ4v) is 2.42. The van der Waals surface area contributed by atoms with Crippen LogP contribution in [-0.4, -0.2) is 33.2 Å². The molecule has 0 unspecified atom stereocenters. The summed E-state index contributed by atoms with van der Waals surface area (Å²) in [6, 6.07) is 9.87. The van der Waals surface area contributed by atoms with Crippen molar-refractivity contribution in [2.24, 2.45) is 0 Å². The number of nitrogens with zero attached hydrogens (tertiary/aromatic N) is 4. The molecule has 2 heterocycles. The molecule has 0 aliphatic heterocycles. The van der Waals surface area contributed by atoms with Gasteiger partial charge in [0.25, 0.3) is 0 Å². The van der Waals surface area contributed by atoms with E-state index >= 15 is 0 Å². The van der Waals surface area contributed by atoms with Gasteiger partial charge >= 0.3 is 0 Å². The number of hydrogen-bond acceptors (Lipinski definition) is 5. The second-order valence-corrected chi connectivity index (χ2v) is 5.37. The van der Waals surface area contributed by atoms with E-state index in [1.807, 2.05) is 34.9 Å². The number of fused-ring (bicyclic) bond motifs is 1. The molecule has 1 aromatic carbocycles. The molecule has 120 valence electrons. The van der Waals surface area contributed by atoms with Crippen LogP contribution in [0.3, 0.4) is 0 Å². The molecule has 0 spiro atoms. The molecule has 0 aliphatic carbocycles. The number of aromatic nitrogens is 4. The molecule has 6 nitrogen and oxygen atoms in total. The molecule has 0 bridgehead atoms. The van der Waals surface area contributed by atoms with Crippen molar-refractivity contribution < 1.29 is 9.47 Å². The number of rotatable bonds is 7. The summed E-state index contributed by atoms with van der Waals surface area (Å²) in [6.07, 6.45) is 2.59. The maximum Gasteiger partial charge on any atom is 0.247 e. The summed E-state index contributed by atoms with van der Waals surface area (Å²) in [5.74, 6) is 0.398. The Morgan fingerprint density at radius 1 is 1.17 bits per heavy atom. The van der Waals surface area contributed by atoms with E-state index in [4.69, 9.17) is 21.1 Å². The van der Waals surface area contributed by atoms with Gasteiger partial charge in [-0.1, -0.05) is 30.3 Å². The molecule has 0 amide bonds. The third-order valence-corrected chi connectivity index (χ3v) is 3.54. The standard InChI is InChI=1S/C16H17ClN4O2/c1-22-9-5-8-21-11-18-13-14(21)19-16(17)20-15(13)23-10-12-6-3-2-4-7-12/h2-4,6-7,11H,5,8-10H2,1H3. The zero-order valence-electron chi connectivity index (χ0n) is 12.8. The maximum atomic E-state index is 6.03. The highest BCUT2D eigenvalue weighted by Gasteiger charge is 2.14. The van der Waals surface area contributed by atoms with E-state index in [0.29, 0.717) is 30.3 Å². The van der Waals surface area contributed by atoms with Gasteiger partial charge in [-0.3, -0.25) is 0 Å². The molecule has 2 aromatic heterocycles. The minimum atomic E-state index is 0.147. The highest BCUT2D eigenvalue weighted by Crippen LogP contribution is 2.23. The Labute approximate surface area is 139 Å². The molecule has 0 saturated heterocycles. The van der Waals surface area contributed by atoms with Gasteiger partial charge in [-0.15, -0.1) is 0 Å². The molecule has 23 heavy (non-hydrogen) atoms. The smallest absolute Gasteiger partial charge is 0.247 e. The van der Waals surface area contributed by atoms with Crippen molar-refractivity contribution >= 4 is 22.8 Å². The quantitative estimate of drug-likeness (QED) is 0.491. The summed E-state index contributed by atoms with van der Waals surface area (Å²) >= 11 is 6.03. The van der Waals surface area contributed by atoms with Crippen LogP contribution < -0.4 is 4.74 Å². The van der Waals surface area contributed by atoms with Crippen molar-refractivity contribution in [1.29, 1.82) is 0 Å². The van der Waals surface area contributed by atoms with Crippen molar-refractivity contribution in [3.63, 3.8) is 0 Å². The number of ether oxygens (including phenoxy) is 2. The highest BCUT2D eigenvalue weighted by atomic mass is 35.5. The summed E-state index contributed by atoms with van der Waals surface area (Å²) in [5.41, 5.74) is 2.34. The van der Waals surface area contributed by atoms with Crippen molar-refractivity contribution in [1.82, 2.24) is 19.5 Å². The average Bonchev–Trinajstić information content (AvgIpc) is 2.97. The molecule has 0 atom stereocenters. The normalized spacial score (nSPS) is 11.0. The Morgan fingerprint density at radius 3 is 2.78 bits per heavy atom. The van der Waals surface area contributed by atoms with Gasteiger partial charge in [0.1, 0.15) is 6.61 Å². The molecular weight excluding hydrogens is 316 g/mol. The molecule has 0 saturated carbocycles. The maximum absolute atomic E-state index is 6.03. The van der Waals surface area contributed by atoms with Gasteiger partial charge in [0.15, 0.2) is 11.2 Å². The molecule has 3 aromatic rings. The average molecular weight is 333 g/mol. The Morgan fingerprint density at radius 2 is 2.00 bits per heavy atom. The largest absolute Gasteiger partial charge is 0.471 e. The van der Waals surface area contributed by atoms with E-state index in [1.165, 1.54) is 0 Å². The van der Waals surface area contributed by atoms with E-state index in [0.717, 1.165) is 18.5 Å². The number of aryl methyl sites for hydroxylation is 1. The first kappa shape index (κ1) is 15.7. The molecule has 0 radical (unpaired) electrons. The van der Waals surface area contributed by atoms with Crippen LogP contribution in [0.2, 0.25) is 5.28 Å². The number of benzene rings is 1. The van der Waals surface area contributed by atoms with Crippen molar-refractivity contribution in [2.45, 2.75) is 19.6 Å². The van der Waals surface area contributed by atoms with Crippen LogP contribution >= 0.6 is 11.6 Å². The Balaban J connectivity index is 1.82. The van der Waals surface area contributed by atoms with Gasteiger partial charge in [0, 0.05) is 20.3 Å². The predicted octanol–water partition coefficient (Wildman–Crippen LogP) is 3.10. The zero-order valence-corrected chi connectivity index (χ0v) is 13.5. The van der Waals surface area contributed by atoms with Gasteiger partial charge in [0.2, 0.25) is 11.2 Å². The Kier molecular flexibility index (Phi) is 5.05. The highest BCUT2D eigenvalue weighted by molar-refractivity contribution is 6.28. The summed E-state index contributed by atoms with van der Waals surface area (Å²) in [4.78, 5) is 12.8. The number of methoxy groups -OCH3 is 1. The molecule has 0 fully saturated rings. The van der Waals surface area contributed by atoms with E-state index in [9.17, 15) is 0 Å². The van der Waals surface area contributed by atoms with E-state index in [1.54, 1.807) is 13.4 Å². The van der Waals surface area contributed by atoms with Crippen LogP contribution in [0.4, 0.5) is 0 Å². The first-order valence-corrected chi connectivity index (χ1v) is 7.70. The van der Waals surface area contributed by atoms with Gasteiger partial charge in [-0.2, -0.15) is 9.97 Å². The van der Waals surface area contributed by atoms with Gasteiger partial charge < -0.3 is 14.0 Å². The zero-order chi connectivity index (χ0) is 16.1. The minimum Gasteiger partial charge on any atom is -0.471 e. The van der Waals surface area contributed by atoms with Crippen molar-refractivity contribution in [3.8, 4) is 5.88 Å². The van der Waals surface area contributed by atoms with Gasteiger partial charge in [-0.25, -0.2) is 4.98 Å². The number of imidazole rings is 1. The first-order chi connectivity index (χ1) is 11.3. The predicted molar refractivity (Wildman–Crippen MR) is 87.6 cm³/mol. The third kappa shape index (κ3) is 3.78. The van der Waals surface area contributed by atoms with Gasteiger partial charge in [-0.05, 0) is 23.6 Å². The van der Waals surface area contributed by atoms with Crippen LogP contribution in [0.25, 0.3) is 11.2 Å². The van der Waals surface area contributed by atoms with Crippen LogP contribution in [0.1, 0.15) is 12.0 Å². The van der Waals surface area contributed by atoms with E-state index in [-0.39, 0.29) is 5.28 Å². The third-order valence-electron chi connectivity index (χ3n) is 3.37. The summed E-state index contributed by atoms with van der Waals surface area (Å²) in [6.45, 7) is 1.82. The monoisotopic (exact) mass is 332 g/mol. The summed E-state index contributed by atoms with van der Waals surface area (Å²) in [5, 5.41) is 0.147. The second kappa shape index (κ2) is 7.39. The molecule has 7 heteroatoms. The van der Waals surface area contributed by atoms with Crippen LogP contribution in [0, 0.1) is 0 Å². The first-order valence-electron chi connectivity index (χ1n) is 7.32. The summed E-state index contributed by atoms with van der Waals surface area (Å²) in [7, 11) is 1.68. The molecule has 0 N–H and O–H groups in total. The SMILES string of the molecule is COCCCn1cnc2c(OCc3ccccc3)nc(Cl)nc21. The fraction of sp³-hybridized carbons (Fsp3) is 0.312. The fourth-order valence-electron chi connectivity index (χ4n) is 2.26. The van der Waals surface area contributed by atoms with Gasteiger partial charge in [0.05, 0.1) is 6.33 Å². The van der Waals surface area contributed by atoms with Crippen LogP contribution in [0.15, 0.2) is 36.7 Å². The topological polar surface area (TPSA) is 62.1 Å². The number of hydrogen-bond donors (Lipinski definition) is 0. The second-order valence-electron chi connectivity index (χ2n) is 5.03. The number of halogens is 1. The lowest BCUT2D eigenvalue weighted by Crippen LogP contribution is -2.03. The van der Waals surface area contributed by atoms with E-state index < -0.39 is 0 Å². The molecule has 0 aliphatic rings. The molecule has 3 rings (SSSR count). The van der Waals surface area contributed by atoms with E-state index in [2.05, 4.69) is 15.0 Å².